The van der Waals surface area contributed by atoms with Crippen molar-refractivity contribution in [3.05, 3.63) is 58.5 Å². The summed E-state index contributed by atoms with van der Waals surface area (Å²) in [4.78, 5) is 38.8. The fourth-order valence-corrected chi connectivity index (χ4v) is 4.03. The number of amides is 3. The molecule has 1 fully saturated rings. The fraction of sp³-hybridized carbons (Fsp3) is 0.320. The highest BCUT2D eigenvalue weighted by Crippen LogP contribution is 2.34. The Morgan fingerprint density at radius 1 is 1.12 bits per heavy atom. The van der Waals surface area contributed by atoms with Gasteiger partial charge in [0.2, 0.25) is 5.91 Å². The molecule has 0 radical (unpaired) electrons. The average molecular weight is 469 g/mol. The molecule has 0 saturated carbocycles. The summed E-state index contributed by atoms with van der Waals surface area (Å²) in [7, 11) is 1.54. The summed E-state index contributed by atoms with van der Waals surface area (Å²) in [5, 5.41) is 2.25. The van der Waals surface area contributed by atoms with Gasteiger partial charge in [0, 0.05) is 5.69 Å². The van der Waals surface area contributed by atoms with Crippen molar-refractivity contribution in [3.63, 3.8) is 0 Å². The molecule has 0 aromatic heterocycles. The van der Waals surface area contributed by atoms with E-state index in [1.807, 2.05) is 31.2 Å². The number of rotatable bonds is 9. The monoisotopic (exact) mass is 468 g/mol. The van der Waals surface area contributed by atoms with E-state index in [-0.39, 0.29) is 11.4 Å². The summed E-state index contributed by atoms with van der Waals surface area (Å²) in [6, 6.07) is 12.8. The highest BCUT2D eigenvalue weighted by Gasteiger charge is 2.36. The van der Waals surface area contributed by atoms with Crippen LogP contribution in [0.25, 0.3) is 6.08 Å². The van der Waals surface area contributed by atoms with E-state index in [1.165, 1.54) is 0 Å². The number of hydrogen-bond donors (Lipinski definition) is 1. The van der Waals surface area contributed by atoms with Crippen LogP contribution in [0.3, 0.4) is 0 Å². The maximum absolute atomic E-state index is 12.8. The lowest BCUT2D eigenvalue weighted by Crippen LogP contribution is -2.36. The van der Waals surface area contributed by atoms with Crippen LogP contribution < -0.4 is 14.8 Å². The zero-order chi connectivity index (χ0) is 24.0. The molecule has 0 unspecified atom stereocenters. The van der Waals surface area contributed by atoms with Crippen LogP contribution >= 0.6 is 11.8 Å². The van der Waals surface area contributed by atoms with Crippen molar-refractivity contribution >= 4 is 40.6 Å². The van der Waals surface area contributed by atoms with E-state index < -0.39 is 17.1 Å². The summed E-state index contributed by atoms with van der Waals surface area (Å²) in [6.07, 6.45) is 2.48. The Kier molecular flexibility index (Phi) is 8.16. The number of benzene rings is 2. The van der Waals surface area contributed by atoms with Gasteiger partial charge in [-0.2, -0.15) is 0 Å². The Bertz CT molecular complexity index is 1060. The molecule has 2 aromatic carbocycles. The topological polar surface area (TPSA) is 84.9 Å². The molecule has 174 valence electrons. The highest BCUT2D eigenvalue weighted by atomic mass is 32.2. The maximum Gasteiger partial charge on any atom is 0.294 e. The zero-order valence-electron chi connectivity index (χ0n) is 19.2. The molecule has 0 atom stereocenters. The number of nitrogens with zero attached hydrogens (tertiary/aromatic N) is 1. The molecule has 8 heteroatoms. The first-order chi connectivity index (χ1) is 15.8. The van der Waals surface area contributed by atoms with Crippen LogP contribution in [0.4, 0.5) is 10.5 Å². The summed E-state index contributed by atoms with van der Waals surface area (Å²) < 4.78 is 11.0. The lowest BCUT2D eigenvalue weighted by Gasteiger charge is -2.13. The minimum Gasteiger partial charge on any atom is -0.493 e. The third-order valence-corrected chi connectivity index (χ3v) is 5.89. The van der Waals surface area contributed by atoms with E-state index in [4.69, 9.17) is 9.47 Å². The van der Waals surface area contributed by atoms with Gasteiger partial charge in [-0.05, 0) is 65.6 Å². The van der Waals surface area contributed by atoms with Crippen molar-refractivity contribution in [2.24, 2.45) is 0 Å². The Morgan fingerprint density at radius 2 is 1.85 bits per heavy atom. The van der Waals surface area contributed by atoms with E-state index in [9.17, 15) is 14.4 Å². The smallest absolute Gasteiger partial charge is 0.294 e. The van der Waals surface area contributed by atoms with Crippen LogP contribution in [0, 0.1) is 0 Å². The molecule has 2 aromatic rings. The van der Waals surface area contributed by atoms with Crippen LogP contribution in [-0.2, 0) is 9.59 Å². The first-order valence-corrected chi connectivity index (χ1v) is 11.6. The number of anilines is 1. The third kappa shape index (κ3) is 6.16. The lowest BCUT2D eigenvalue weighted by molar-refractivity contribution is -0.127. The molecule has 7 nitrogen and oxygen atoms in total. The Balaban J connectivity index is 1.67. The van der Waals surface area contributed by atoms with Crippen LogP contribution in [0.15, 0.2) is 47.4 Å². The van der Waals surface area contributed by atoms with Crippen LogP contribution in [0.1, 0.15) is 44.2 Å². The molecule has 1 saturated heterocycles. The molecule has 1 aliphatic rings. The molecule has 1 aliphatic heterocycles. The number of thioether (sulfide) groups is 1. The van der Waals surface area contributed by atoms with Gasteiger partial charge in [0.15, 0.2) is 11.5 Å². The van der Waals surface area contributed by atoms with Crippen LogP contribution in [0.2, 0.25) is 0 Å². The molecule has 3 amide bonds. The van der Waals surface area contributed by atoms with Crippen molar-refractivity contribution in [3.8, 4) is 11.5 Å². The van der Waals surface area contributed by atoms with Crippen LogP contribution in [0.5, 0.6) is 11.5 Å². The summed E-state index contributed by atoms with van der Waals surface area (Å²) >= 11 is 0.808. The minimum atomic E-state index is -0.499. The predicted molar refractivity (Wildman–Crippen MR) is 131 cm³/mol. The first-order valence-electron chi connectivity index (χ1n) is 10.8. The molecule has 1 heterocycles. The van der Waals surface area contributed by atoms with Crippen molar-refractivity contribution in [1.82, 2.24) is 4.90 Å². The number of hydrogen-bond acceptors (Lipinski definition) is 6. The molecule has 33 heavy (non-hydrogen) atoms. The molecule has 0 bridgehead atoms. The van der Waals surface area contributed by atoms with Crippen molar-refractivity contribution < 1.29 is 23.9 Å². The van der Waals surface area contributed by atoms with Crippen molar-refractivity contribution in [1.29, 1.82) is 0 Å². The third-order valence-electron chi connectivity index (χ3n) is 4.98. The summed E-state index contributed by atoms with van der Waals surface area (Å²) in [5.74, 6) is 0.606. The second kappa shape index (κ2) is 11.0. The van der Waals surface area contributed by atoms with Gasteiger partial charge in [-0.1, -0.05) is 39.0 Å². The molecule has 3 rings (SSSR count). The van der Waals surface area contributed by atoms with Gasteiger partial charge in [0.05, 0.1) is 18.6 Å². The van der Waals surface area contributed by atoms with E-state index in [0.29, 0.717) is 35.3 Å². The van der Waals surface area contributed by atoms with E-state index >= 15 is 0 Å². The first kappa shape index (κ1) is 24.4. The molecular formula is C25H28N2O5S. The second-order valence-electron chi connectivity index (χ2n) is 7.85. The van der Waals surface area contributed by atoms with Gasteiger partial charge in [-0.3, -0.25) is 19.3 Å². The highest BCUT2D eigenvalue weighted by molar-refractivity contribution is 8.18. The van der Waals surface area contributed by atoms with Crippen molar-refractivity contribution in [2.45, 2.75) is 33.1 Å². The second-order valence-corrected chi connectivity index (χ2v) is 8.84. The Morgan fingerprint density at radius 3 is 2.48 bits per heavy atom. The van der Waals surface area contributed by atoms with Gasteiger partial charge < -0.3 is 14.8 Å². The van der Waals surface area contributed by atoms with Crippen LogP contribution in [-0.4, -0.2) is 42.2 Å². The molecule has 0 aliphatic carbocycles. The lowest BCUT2D eigenvalue weighted by atomic mass is 10.0. The standard InChI is InChI=1S/C25H28N2O5S/c1-5-12-32-20-11-6-17(13-21(20)31-4)14-22-24(29)27(25(30)33-22)15-23(28)26-19-9-7-18(8-10-19)16(2)3/h6-11,13-14,16H,5,12,15H2,1-4H3,(H,26,28)/b22-14-. The van der Waals surface area contributed by atoms with Gasteiger partial charge in [0.1, 0.15) is 6.54 Å². The zero-order valence-corrected chi connectivity index (χ0v) is 20.0. The van der Waals surface area contributed by atoms with E-state index in [2.05, 4.69) is 19.2 Å². The number of nitrogens with one attached hydrogen (secondary N) is 1. The van der Waals surface area contributed by atoms with E-state index in [1.54, 1.807) is 31.4 Å². The number of methoxy groups -OCH3 is 1. The maximum atomic E-state index is 12.8. The number of carbonyl (C=O) groups is 3. The minimum absolute atomic E-state index is 0.248. The van der Waals surface area contributed by atoms with Gasteiger partial charge in [0.25, 0.3) is 11.1 Å². The normalized spacial score (nSPS) is 14.8. The van der Waals surface area contributed by atoms with Gasteiger partial charge in [-0.25, -0.2) is 0 Å². The van der Waals surface area contributed by atoms with Gasteiger partial charge >= 0.3 is 0 Å². The quantitative estimate of drug-likeness (QED) is 0.504. The Labute approximate surface area is 198 Å². The summed E-state index contributed by atoms with van der Waals surface area (Å²) in [5.41, 5.74) is 2.46. The average Bonchev–Trinajstić information content (AvgIpc) is 3.05. The predicted octanol–water partition coefficient (Wildman–Crippen LogP) is 5.28. The van der Waals surface area contributed by atoms with Crippen molar-refractivity contribution in [2.75, 3.05) is 25.6 Å². The van der Waals surface area contributed by atoms with Gasteiger partial charge in [-0.15, -0.1) is 0 Å². The molecular weight excluding hydrogens is 440 g/mol. The number of carbonyl (C=O) groups excluding carboxylic acids is 3. The molecule has 0 spiro atoms. The number of ether oxygens (including phenoxy) is 2. The summed E-state index contributed by atoms with van der Waals surface area (Å²) in [6.45, 7) is 6.41. The molecule has 1 N–H and O–H groups in total. The Hall–Kier alpha value is -3.26. The number of imide groups is 1. The largest absolute Gasteiger partial charge is 0.493 e. The van der Waals surface area contributed by atoms with E-state index in [0.717, 1.165) is 28.6 Å². The SMILES string of the molecule is CCCOc1ccc(/C=C2\SC(=O)N(CC(=O)Nc3ccc(C(C)C)cc3)C2=O)cc1OC. The fourth-order valence-electron chi connectivity index (χ4n) is 3.19.